The van der Waals surface area contributed by atoms with E-state index in [9.17, 15) is 13.2 Å². The third-order valence-corrected chi connectivity index (χ3v) is 6.97. The largest absolute Gasteiger partial charge is 0.493 e. The second kappa shape index (κ2) is 7.97. The van der Waals surface area contributed by atoms with E-state index in [4.69, 9.17) is 4.74 Å². The number of likely N-dealkylation sites (N-methyl/N-ethyl adjacent to an activating group) is 1. The van der Waals surface area contributed by atoms with Crippen LogP contribution in [0.4, 0.5) is 0 Å². The molecule has 1 aromatic carbocycles. The van der Waals surface area contributed by atoms with Gasteiger partial charge in [-0.15, -0.1) is 11.3 Å². The van der Waals surface area contributed by atoms with Crippen LogP contribution >= 0.6 is 11.3 Å². The number of esters is 1. The molecule has 0 saturated heterocycles. The van der Waals surface area contributed by atoms with Crippen molar-refractivity contribution in [2.45, 2.75) is 17.4 Å². The highest BCUT2D eigenvalue weighted by molar-refractivity contribution is 7.89. The average molecular weight is 411 g/mol. The van der Waals surface area contributed by atoms with Crippen LogP contribution in [0.1, 0.15) is 26.8 Å². The molecule has 0 fully saturated rings. The Morgan fingerprint density at radius 2 is 2.15 bits per heavy atom. The van der Waals surface area contributed by atoms with Crippen molar-refractivity contribution in [1.29, 1.82) is 0 Å². The summed E-state index contributed by atoms with van der Waals surface area (Å²) in [6, 6.07) is 7.19. The van der Waals surface area contributed by atoms with Crippen LogP contribution < -0.4 is 9.46 Å². The van der Waals surface area contributed by atoms with Gasteiger partial charge in [-0.2, -0.15) is 0 Å². The number of benzene rings is 1. The van der Waals surface area contributed by atoms with Gasteiger partial charge in [0.15, 0.2) is 0 Å². The summed E-state index contributed by atoms with van der Waals surface area (Å²) >= 11 is 1.04. The zero-order valence-electron chi connectivity index (χ0n) is 15.4. The van der Waals surface area contributed by atoms with Gasteiger partial charge in [-0.05, 0) is 42.7 Å². The first kappa shape index (κ1) is 19.8. The van der Waals surface area contributed by atoms with Gasteiger partial charge in [-0.1, -0.05) is 12.1 Å². The molecule has 146 valence electrons. The Bertz CT molecular complexity index is 937. The number of hydrogen-bond donors (Lipinski definition) is 1. The van der Waals surface area contributed by atoms with Crippen molar-refractivity contribution < 1.29 is 22.7 Å². The van der Waals surface area contributed by atoms with Gasteiger partial charge in [0.1, 0.15) is 15.5 Å². The summed E-state index contributed by atoms with van der Waals surface area (Å²) in [4.78, 5) is 13.8. The van der Waals surface area contributed by atoms with Gasteiger partial charge in [0, 0.05) is 19.0 Å². The van der Waals surface area contributed by atoms with E-state index in [1.54, 1.807) is 5.38 Å². The van der Waals surface area contributed by atoms with E-state index in [1.165, 1.54) is 13.2 Å². The molecular weight excluding hydrogens is 388 g/mol. The summed E-state index contributed by atoms with van der Waals surface area (Å²) < 4.78 is 38.3. The third-order valence-electron chi connectivity index (χ3n) is 4.48. The quantitative estimate of drug-likeness (QED) is 0.704. The van der Waals surface area contributed by atoms with Crippen LogP contribution in [0.15, 0.2) is 34.5 Å². The summed E-state index contributed by atoms with van der Waals surface area (Å²) in [6.07, 6.45) is 0.854. The van der Waals surface area contributed by atoms with E-state index in [0.29, 0.717) is 6.61 Å². The third kappa shape index (κ3) is 4.16. The molecule has 27 heavy (non-hydrogen) atoms. The smallest absolute Gasteiger partial charge is 0.349 e. The van der Waals surface area contributed by atoms with Crippen LogP contribution in [0.2, 0.25) is 0 Å². The summed E-state index contributed by atoms with van der Waals surface area (Å²) in [5, 5.41) is 1.56. The molecule has 2 aromatic rings. The molecule has 0 radical (unpaired) electrons. The van der Waals surface area contributed by atoms with E-state index in [-0.39, 0.29) is 22.4 Å². The number of sulfonamides is 1. The molecule has 2 heterocycles. The first-order valence-corrected chi connectivity index (χ1v) is 10.8. The first-order chi connectivity index (χ1) is 12.8. The van der Waals surface area contributed by atoms with E-state index in [2.05, 4.69) is 15.5 Å². The molecule has 1 atom stereocenters. The molecule has 1 N–H and O–H groups in total. The number of rotatable bonds is 7. The van der Waals surface area contributed by atoms with E-state index >= 15 is 0 Å². The second-order valence-corrected chi connectivity index (χ2v) is 9.05. The number of carbonyl (C=O) groups is 1. The number of methoxy groups -OCH3 is 1. The van der Waals surface area contributed by atoms with Crippen LogP contribution in [-0.2, 0) is 21.2 Å². The number of nitrogens with zero attached hydrogens (tertiary/aromatic N) is 1. The lowest BCUT2D eigenvalue weighted by molar-refractivity contribution is 0.0602. The van der Waals surface area contributed by atoms with Crippen molar-refractivity contribution in [2.24, 2.45) is 0 Å². The Morgan fingerprint density at radius 1 is 1.37 bits per heavy atom. The summed E-state index contributed by atoms with van der Waals surface area (Å²) in [5.74, 6) is 0.228. The normalized spacial score (nSPS) is 14.7. The monoisotopic (exact) mass is 410 g/mol. The molecule has 0 amide bonds. The maximum absolute atomic E-state index is 12.7. The minimum absolute atomic E-state index is 0.0563. The van der Waals surface area contributed by atoms with Crippen molar-refractivity contribution in [3.8, 4) is 5.75 Å². The molecule has 1 unspecified atom stereocenters. The molecule has 1 aromatic heterocycles. The Morgan fingerprint density at radius 3 is 2.85 bits per heavy atom. The molecule has 1 aliphatic heterocycles. The molecule has 0 saturated carbocycles. The van der Waals surface area contributed by atoms with Crippen LogP contribution in [0.5, 0.6) is 5.75 Å². The molecule has 7 nitrogen and oxygen atoms in total. The highest BCUT2D eigenvalue weighted by Crippen LogP contribution is 2.30. The van der Waals surface area contributed by atoms with E-state index in [1.807, 2.05) is 31.1 Å². The van der Waals surface area contributed by atoms with Crippen molar-refractivity contribution in [2.75, 3.05) is 34.4 Å². The molecular formula is C18H22N2O5S2. The van der Waals surface area contributed by atoms with Gasteiger partial charge in [-0.25, -0.2) is 17.9 Å². The number of carbonyl (C=O) groups excluding carboxylic acids is 1. The Balaban J connectivity index is 1.80. The lowest BCUT2D eigenvalue weighted by atomic mass is 10.0. The fourth-order valence-electron chi connectivity index (χ4n) is 3.03. The van der Waals surface area contributed by atoms with Crippen LogP contribution in [-0.4, -0.2) is 53.6 Å². The minimum Gasteiger partial charge on any atom is -0.493 e. The van der Waals surface area contributed by atoms with E-state index in [0.717, 1.165) is 34.6 Å². The highest BCUT2D eigenvalue weighted by Gasteiger charge is 2.26. The average Bonchev–Trinajstić information content (AvgIpc) is 3.29. The van der Waals surface area contributed by atoms with Gasteiger partial charge in [0.2, 0.25) is 10.0 Å². The molecule has 1 aliphatic rings. The van der Waals surface area contributed by atoms with Crippen LogP contribution in [0.3, 0.4) is 0 Å². The number of thiophene rings is 1. The molecule has 0 spiro atoms. The van der Waals surface area contributed by atoms with Gasteiger partial charge < -0.3 is 14.4 Å². The fraction of sp³-hybridized carbons (Fsp3) is 0.389. The summed E-state index contributed by atoms with van der Waals surface area (Å²) in [5.41, 5.74) is 2.14. The first-order valence-electron chi connectivity index (χ1n) is 8.41. The Hall–Kier alpha value is -1.94. The Kier molecular flexibility index (Phi) is 5.85. The summed E-state index contributed by atoms with van der Waals surface area (Å²) in [7, 11) is 1.18. The van der Waals surface area contributed by atoms with Gasteiger partial charge in [0.05, 0.1) is 13.7 Å². The topological polar surface area (TPSA) is 84.9 Å². The number of hydrogen-bond acceptors (Lipinski definition) is 7. The molecule has 0 bridgehead atoms. The number of fused-ring (bicyclic) bond motifs is 1. The maximum Gasteiger partial charge on any atom is 0.349 e. The second-order valence-electron chi connectivity index (χ2n) is 6.40. The van der Waals surface area contributed by atoms with E-state index < -0.39 is 16.0 Å². The van der Waals surface area contributed by atoms with Gasteiger partial charge >= 0.3 is 5.97 Å². The van der Waals surface area contributed by atoms with Crippen molar-refractivity contribution >= 4 is 27.3 Å². The van der Waals surface area contributed by atoms with Crippen LogP contribution in [0, 0.1) is 0 Å². The van der Waals surface area contributed by atoms with Crippen LogP contribution in [0.25, 0.3) is 0 Å². The van der Waals surface area contributed by atoms with Crippen molar-refractivity contribution in [3.63, 3.8) is 0 Å². The zero-order chi connectivity index (χ0) is 19.6. The lowest BCUT2D eigenvalue weighted by Gasteiger charge is -2.25. The standard InChI is InChI=1S/C18H22N2O5S2/c1-20(2)14(12-4-5-15-13(10-12)6-8-25-15)11-19-27(22,23)16-7-9-26-17(16)18(21)24-3/h4-5,7,9-10,14,19H,6,8,11H2,1-3H3. The maximum atomic E-state index is 12.7. The highest BCUT2D eigenvalue weighted by atomic mass is 32.2. The predicted molar refractivity (Wildman–Crippen MR) is 103 cm³/mol. The SMILES string of the molecule is COC(=O)c1sccc1S(=O)(=O)NCC(c1ccc2c(c1)CCO2)N(C)C. The number of ether oxygens (including phenoxy) is 2. The van der Waals surface area contributed by atoms with Crippen molar-refractivity contribution in [1.82, 2.24) is 9.62 Å². The molecule has 0 aliphatic carbocycles. The number of nitrogens with one attached hydrogen (secondary N) is 1. The van der Waals surface area contributed by atoms with Gasteiger partial charge in [-0.3, -0.25) is 0 Å². The molecule has 9 heteroatoms. The predicted octanol–water partition coefficient (Wildman–Crippen LogP) is 2.05. The Labute approximate surface area is 163 Å². The fourth-order valence-corrected chi connectivity index (χ4v) is 5.40. The summed E-state index contributed by atoms with van der Waals surface area (Å²) in [6.45, 7) is 0.845. The zero-order valence-corrected chi connectivity index (χ0v) is 17.0. The van der Waals surface area contributed by atoms with Crippen molar-refractivity contribution in [3.05, 3.63) is 45.6 Å². The lowest BCUT2D eigenvalue weighted by Crippen LogP contribution is -2.35. The van der Waals surface area contributed by atoms with Gasteiger partial charge in [0.25, 0.3) is 0 Å². The molecule has 3 rings (SSSR count). The minimum atomic E-state index is -3.84.